The third-order valence-corrected chi connectivity index (χ3v) is 4.54. The third kappa shape index (κ3) is 5.71. The molecule has 0 bridgehead atoms. The van der Waals surface area contributed by atoms with Gasteiger partial charge in [0.2, 0.25) is 0 Å². The molecule has 0 unspecified atom stereocenters. The number of likely N-dealkylation sites (tertiary alicyclic amines) is 1. The van der Waals surface area contributed by atoms with Gasteiger partial charge < -0.3 is 19.9 Å². The molecule has 1 aliphatic heterocycles. The summed E-state index contributed by atoms with van der Waals surface area (Å²) in [6, 6.07) is 6.51. The van der Waals surface area contributed by atoms with Gasteiger partial charge in [-0.05, 0) is 63.9 Å². The fourth-order valence-electron chi connectivity index (χ4n) is 3.02. The fourth-order valence-corrected chi connectivity index (χ4v) is 3.02. The summed E-state index contributed by atoms with van der Waals surface area (Å²) in [7, 11) is 3.95. The van der Waals surface area contributed by atoms with Gasteiger partial charge in [0.15, 0.2) is 0 Å². The molecule has 1 N–H and O–H groups in total. The van der Waals surface area contributed by atoms with Crippen molar-refractivity contribution in [1.29, 1.82) is 0 Å². The van der Waals surface area contributed by atoms with Crippen LogP contribution in [0.4, 0.5) is 4.79 Å². The number of aryl methyl sites for hydroxylation is 2. The van der Waals surface area contributed by atoms with Gasteiger partial charge in [-0.1, -0.05) is 12.1 Å². The van der Waals surface area contributed by atoms with Gasteiger partial charge >= 0.3 is 6.03 Å². The maximum Gasteiger partial charge on any atom is 0.317 e. The van der Waals surface area contributed by atoms with Gasteiger partial charge in [-0.2, -0.15) is 0 Å². The number of nitrogens with zero attached hydrogens (tertiary/aromatic N) is 2. The third-order valence-electron chi connectivity index (χ3n) is 4.54. The molecule has 1 aliphatic rings. The molecule has 1 heterocycles. The summed E-state index contributed by atoms with van der Waals surface area (Å²) >= 11 is 0. The first kappa shape index (κ1) is 18.6. The number of benzene rings is 1. The van der Waals surface area contributed by atoms with Crippen molar-refractivity contribution in [2.45, 2.75) is 39.2 Å². The predicted molar refractivity (Wildman–Crippen MR) is 97.7 cm³/mol. The van der Waals surface area contributed by atoms with Gasteiger partial charge in [-0.25, -0.2) is 4.79 Å². The van der Waals surface area contributed by atoms with Crippen molar-refractivity contribution < 1.29 is 9.53 Å². The molecule has 1 aromatic rings. The molecule has 5 nitrogen and oxygen atoms in total. The number of nitrogens with one attached hydrogen (secondary N) is 1. The summed E-state index contributed by atoms with van der Waals surface area (Å²) in [5, 5.41) is 3.13. The van der Waals surface area contributed by atoms with Crippen LogP contribution < -0.4 is 10.1 Å². The van der Waals surface area contributed by atoms with Crippen molar-refractivity contribution in [2.24, 2.45) is 0 Å². The number of urea groups is 1. The maximum atomic E-state index is 12.2. The van der Waals surface area contributed by atoms with Crippen LogP contribution in [0.25, 0.3) is 0 Å². The van der Waals surface area contributed by atoms with Gasteiger partial charge in [0, 0.05) is 26.2 Å². The van der Waals surface area contributed by atoms with Crippen LogP contribution in [0.15, 0.2) is 18.2 Å². The molecule has 1 aromatic carbocycles. The average molecular weight is 333 g/mol. The lowest BCUT2D eigenvalue weighted by molar-refractivity contribution is 0.183. The zero-order chi connectivity index (χ0) is 17.5. The van der Waals surface area contributed by atoms with Crippen molar-refractivity contribution in [3.63, 3.8) is 0 Å². The average Bonchev–Trinajstić information content (AvgIpc) is 2.54. The smallest absolute Gasteiger partial charge is 0.317 e. The van der Waals surface area contributed by atoms with Crippen molar-refractivity contribution in [3.8, 4) is 5.75 Å². The van der Waals surface area contributed by atoms with E-state index in [0.717, 1.165) is 43.7 Å². The van der Waals surface area contributed by atoms with Crippen molar-refractivity contribution >= 4 is 6.03 Å². The molecule has 0 spiro atoms. The number of carbonyl (C=O) groups excluding carboxylic acids is 1. The van der Waals surface area contributed by atoms with E-state index in [1.807, 2.05) is 7.05 Å². The van der Waals surface area contributed by atoms with Gasteiger partial charge in [0.05, 0.1) is 6.61 Å². The standard InChI is InChI=1S/C19H31N3O2/c1-15-8-9-16(2)18(13-15)24-12-6-11-22(4)19(23)20-17-7-5-10-21(3)14-17/h8-9,13,17H,5-7,10-12,14H2,1-4H3,(H,20,23)/t17-/m0/s1. The summed E-state index contributed by atoms with van der Waals surface area (Å²) in [5.74, 6) is 0.937. The second-order valence-electron chi connectivity index (χ2n) is 6.94. The highest BCUT2D eigenvalue weighted by Crippen LogP contribution is 2.19. The molecule has 2 amide bonds. The highest BCUT2D eigenvalue weighted by Gasteiger charge is 2.20. The van der Waals surface area contributed by atoms with Crippen molar-refractivity contribution in [1.82, 2.24) is 15.1 Å². The molecular formula is C19H31N3O2. The number of piperidine rings is 1. The fraction of sp³-hybridized carbons (Fsp3) is 0.632. The first-order valence-corrected chi connectivity index (χ1v) is 8.86. The summed E-state index contributed by atoms with van der Waals surface area (Å²) < 4.78 is 5.85. The van der Waals surface area contributed by atoms with Crippen LogP contribution in [0.1, 0.15) is 30.4 Å². The van der Waals surface area contributed by atoms with E-state index in [2.05, 4.69) is 49.3 Å². The topological polar surface area (TPSA) is 44.8 Å². The molecule has 0 aliphatic carbocycles. The number of likely N-dealkylation sites (N-methyl/N-ethyl adjacent to an activating group) is 1. The first-order valence-electron chi connectivity index (χ1n) is 8.86. The number of amides is 2. The van der Waals surface area contributed by atoms with Crippen molar-refractivity contribution in [2.75, 3.05) is 40.3 Å². The summed E-state index contributed by atoms with van der Waals surface area (Å²) in [6.45, 7) is 7.49. The Morgan fingerprint density at radius 1 is 1.42 bits per heavy atom. The molecule has 0 radical (unpaired) electrons. The van der Waals surface area contributed by atoms with Crippen molar-refractivity contribution in [3.05, 3.63) is 29.3 Å². The summed E-state index contributed by atoms with van der Waals surface area (Å²) in [6.07, 6.45) is 3.04. The van der Waals surface area contributed by atoms with E-state index in [1.54, 1.807) is 4.90 Å². The first-order chi connectivity index (χ1) is 11.5. The second kappa shape index (κ2) is 8.92. The molecule has 1 atom stereocenters. The number of rotatable bonds is 6. The Balaban J connectivity index is 1.67. The minimum atomic E-state index is 0.0158. The molecular weight excluding hydrogens is 302 g/mol. The van der Waals surface area contributed by atoms with Crippen LogP contribution in [0.2, 0.25) is 0 Å². The van der Waals surface area contributed by atoms with E-state index in [1.165, 1.54) is 5.56 Å². The predicted octanol–water partition coefficient (Wildman–Crippen LogP) is 2.81. The Morgan fingerprint density at radius 3 is 2.96 bits per heavy atom. The van der Waals surface area contributed by atoms with E-state index in [9.17, 15) is 4.79 Å². The summed E-state index contributed by atoms with van der Waals surface area (Å²) in [4.78, 5) is 16.3. The lowest BCUT2D eigenvalue weighted by atomic mass is 10.1. The van der Waals surface area contributed by atoms with Crippen LogP contribution in [0.5, 0.6) is 5.75 Å². The molecule has 134 valence electrons. The maximum absolute atomic E-state index is 12.2. The summed E-state index contributed by atoms with van der Waals surface area (Å²) in [5.41, 5.74) is 2.35. The second-order valence-corrected chi connectivity index (χ2v) is 6.94. The Kier molecular flexibility index (Phi) is 6.91. The van der Waals surface area contributed by atoms with Gasteiger partial charge in [-0.3, -0.25) is 0 Å². The Labute approximate surface area is 146 Å². The lowest BCUT2D eigenvalue weighted by Gasteiger charge is -2.31. The van der Waals surface area contributed by atoms with E-state index >= 15 is 0 Å². The van der Waals surface area contributed by atoms with Crippen LogP contribution in [0.3, 0.4) is 0 Å². The quantitative estimate of drug-likeness (QED) is 0.814. The van der Waals surface area contributed by atoms with Crippen LogP contribution >= 0.6 is 0 Å². The molecule has 24 heavy (non-hydrogen) atoms. The number of carbonyl (C=O) groups is 1. The van der Waals surface area contributed by atoms with E-state index in [-0.39, 0.29) is 12.1 Å². The monoisotopic (exact) mass is 333 g/mol. The molecule has 0 saturated carbocycles. The molecule has 5 heteroatoms. The SMILES string of the molecule is Cc1ccc(C)c(OCCCN(C)C(=O)N[C@H]2CCCN(C)C2)c1. The minimum absolute atomic E-state index is 0.0158. The Bertz CT molecular complexity index is 547. The Morgan fingerprint density at radius 2 is 2.21 bits per heavy atom. The molecule has 2 rings (SSSR count). The Hall–Kier alpha value is -1.75. The van der Waals surface area contributed by atoms with Gasteiger partial charge in [0.1, 0.15) is 5.75 Å². The number of ether oxygens (including phenoxy) is 1. The zero-order valence-electron chi connectivity index (χ0n) is 15.5. The van der Waals surface area contributed by atoms with E-state index in [4.69, 9.17) is 4.74 Å². The molecule has 0 aromatic heterocycles. The van der Waals surface area contributed by atoms with Gasteiger partial charge in [-0.15, -0.1) is 0 Å². The normalized spacial score (nSPS) is 18.2. The molecule has 1 saturated heterocycles. The van der Waals surface area contributed by atoms with Crippen LogP contribution in [-0.4, -0.2) is 62.2 Å². The number of hydrogen-bond acceptors (Lipinski definition) is 3. The molecule has 1 fully saturated rings. The highest BCUT2D eigenvalue weighted by atomic mass is 16.5. The van der Waals surface area contributed by atoms with E-state index in [0.29, 0.717) is 13.2 Å². The van der Waals surface area contributed by atoms with Crippen LogP contribution in [-0.2, 0) is 0 Å². The zero-order valence-corrected chi connectivity index (χ0v) is 15.5. The number of hydrogen-bond donors (Lipinski definition) is 1. The lowest BCUT2D eigenvalue weighted by Crippen LogP contribution is -2.50. The largest absolute Gasteiger partial charge is 0.493 e. The highest BCUT2D eigenvalue weighted by molar-refractivity contribution is 5.74. The minimum Gasteiger partial charge on any atom is -0.493 e. The van der Waals surface area contributed by atoms with Crippen LogP contribution in [0, 0.1) is 13.8 Å². The van der Waals surface area contributed by atoms with E-state index < -0.39 is 0 Å². The van der Waals surface area contributed by atoms with Gasteiger partial charge in [0.25, 0.3) is 0 Å².